The largest absolute Gasteiger partial charge is 0.364 e. The van der Waals surface area contributed by atoms with Gasteiger partial charge in [0.25, 0.3) is 5.91 Å². The Morgan fingerprint density at radius 3 is 3.04 bits per heavy atom. The number of thiophene rings is 1. The second-order valence-electron chi connectivity index (χ2n) is 5.22. The van der Waals surface area contributed by atoms with Crippen LogP contribution in [0.4, 0.5) is 16.6 Å². The maximum Gasteiger partial charge on any atom is 0.271 e. The molecule has 9 nitrogen and oxygen atoms in total. The van der Waals surface area contributed by atoms with Gasteiger partial charge in [-0.2, -0.15) is 4.37 Å². The van der Waals surface area contributed by atoms with E-state index in [-0.39, 0.29) is 24.0 Å². The van der Waals surface area contributed by atoms with Crippen molar-refractivity contribution in [3.05, 3.63) is 23.3 Å². The molecule has 0 aliphatic rings. The lowest BCUT2D eigenvalue weighted by Gasteiger charge is -2.24. The molecule has 0 bridgehead atoms. The van der Waals surface area contributed by atoms with Gasteiger partial charge in [-0.1, -0.05) is 0 Å². The highest BCUT2D eigenvalue weighted by atomic mass is 32.1. The van der Waals surface area contributed by atoms with Gasteiger partial charge in [-0.25, -0.2) is 15.8 Å². The number of anilines is 3. The van der Waals surface area contributed by atoms with Gasteiger partial charge >= 0.3 is 0 Å². The first-order chi connectivity index (χ1) is 12.0. The molecule has 3 rings (SSSR count). The Bertz CT molecular complexity index is 923. The zero-order valence-electron chi connectivity index (χ0n) is 13.2. The van der Waals surface area contributed by atoms with Crippen molar-refractivity contribution in [2.75, 3.05) is 10.3 Å². The average Bonchev–Trinajstić information content (AvgIpc) is 3.19. The number of amides is 1. The van der Waals surface area contributed by atoms with Crippen molar-refractivity contribution in [2.24, 2.45) is 11.6 Å². The molecule has 0 aliphatic heterocycles. The molecule has 0 saturated heterocycles. The second kappa shape index (κ2) is 7.09. The highest BCUT2D eigenvalue weighted by molar-refractivity contribution is 7.21. The minimum absolute atomic E-state index is 0.00281. The van der Waals surface area contributed by atoms with E-state index in [1.165, 1.54) is 34.1 Å². The summed E-state index contributed by atoms with van der Waals surface area (Å²) in [6, 6.07) is 1.65. The van der Waals surface area contributed by atoms with Crippen molar-refractivity contribution in [1.29, 1.82) is 0 Å². The summed E-state index contributed by atoms with van der Waals surface area (Å²) in [5.41, 5.74) is 5.38. The van der Waals surface area contributed by atoms with Gasteiger partial charge in [0.1, 0.15) is 16.1 Å². The number of nitrogens with one attached hydrogen (secondary N) is 1. The maximum atomic E-state index is 11.7. The van der Waals surface area contributed by atoms with Crippen LogP contribution in [-0.4, -0.2) is 32.6 Å². The zero-order chi connectivity index (χ0) is 18.0. The van der Waals surface area contributed by atoms with Crippen LogP contribution in [0.3, 0.4) is 0 Å². The Labute approximate surface area is 150 Å². The Morgan fingerprint density at radius 2 is 2.32 bits per heavy atom. The van der Waals surface area contributed by atoms with E-state index in [1.54, 1.807) is 6.92 Å². The van der Waals surface area contributed by atoms with Crippen molar-refractivity contribution in [1.82, 2.24) is 14.3 Å². The van der Waals surface area contributed by atoms with Crippen LogP contribution in [0.2, 0.25) is 0 Å². The molecule has 130 valence electrons. The second-order valence-corrected chi connectivity index (χ2v) is 6.89. The fourth-order valence-corrected chi connectivity index (χ4v) is 3.79. The van der Waals surface area contributed by atoms with Gasteiger partial charge in [0.2, 0.25) is 0 Å². The standard InChI is InChI=1S/C14H15N7O2S2/c1-7(2-4-22)21(16)9-6-17-10(11(15)23)12(18-9)19-13-8-3-5-24-14(8)20-25-13/h3-7H,2,16H2,1H3,(H2,15,23)(H,18,19)/t7-/m1/s1. The average molecular weight is 377 g/mol. The molecule has 0 radical (unpaired) electrons. The Hall–Kier alpha value is -2.63. The first-order valence-corrected chi connectivity index (χ1v) is 8.91. The molecular formula is C14H15N7O2S2. The van der Waals surface area contributed by atoms with E-state index in [0.29, 0.717) is 5.82 Å². The fraction of sp³-hybridized carbons (Fsp3) is 0.214. The molecule has 3 aromatic heterocycles. The molecule has 0 spiro atoms. The summed E-state index contributed by atoms with van der Waals surface area (Å²) in [4.78, 5) is 31.6. The highest BCUT2D eigenvalue weighted by Crippen LogP contribution is 2.33. The normalized spacial score (nSPS) is 12.1. The number of hydrogen-bond donors (Lipinski definition) is 3. The van der Waals surface area contributed by atoms with Crippen molar-refractivity contribution in [2.45, 2.75) is 19.4 Å². The molecular weight excluding hydrogens is 362 g/mol. The number of carbonyl (C=O) groups excluding carboxylic acids is 2. The van der Waals surface area contributed by atoms with Gasteiger partial charge in [0, 0.05) is 11.8 Å². The lowest BCUT2D eigenvalue weighted by molar-refractivity contribution is -0.108. The van der Waals surface area contributed by atoms with E-state index in [1.807, 2.05) is 11.4 Å². The Balaban J connectivity index is 1.98. The molecule has 3 aromatic rings. The van der Waals surface area contributed by atoms with E-state index >= 15 is 0 Å². The summed E-state index contributed by atoms with van der Waals surface area (Å²) < 4.78 is 4.32. The molecule has 0 fully saturated rings. The van der Waals surface area contributed by atoms with Crippen molar-refractivity contribution < 1.29 is 9.59 Å². The topological polar surface area (TPSA) is 140 Å². The van der Waals surface area contributed by atoms with Gasteiger partial charge in [0.15, 0.2) is 17.3 Å². The van der Waals surface area contributed by atoms with Gasteiger partial charge in [-0.05, 0) is 29.9 Å². The van der Waals surface area contributed by atoms with Crippen LogP contribution in [0.1, 0.15) is 23.8 Å². The van der Waals surface area contributed by atoms with Gasteiger partial charge < -0.3 is 15.8 Å². The maximum absolute atomic E-state index is 11.7. The van der Waals surface area contributed by atoms with Crippen molar-refractivity contribution in [3.8, 4) is 0 Å². The van der Waals surface area contributed by atoms with E-state index < -0.39 is 5.91 Å². The highest BCUT2D eigenvalue weighted by Gasteiger charge is 2.19. The molecule has 0 aliphatic carbocycles. The Kier molecular flexibility index (Phi) is 4.88. The van der Waals surface area contributed by atoms with Crippen LogP contribution in [0.25, 0.3) is 10.2 Å². The number of rotatable bonds is 7. The summed E-state index contributed by atoms with van der Waals surface area (Å²) in [6.45, 7) is 1.78. The van der Waals surface area contributed by atoms with Crippen LogP contribution in [0.5, 0.6) is 0 Å². The van der Waals surface area contributed by atoms with E-state index in [4.69, 9.17) is 11.6 Å². The zero-order valence-corrected chi connectivity index (χ0v) is 14.8. The third-order valence-corrected chi connectivity index (χ3v) is 5.21. The summed E-state index contributed by atoms with van der Waals surface area (Å²) >= 11 is 2.77. The molecule has 5 N–H and O–H groups in total. The Morgan fingerprint density at radius 1 is 1.52 bits per heavy atom. The van der Waals surface area contributed by atoms with Crippen LogP contribution in [-0.2, 0) is 4.79 Å². The molecule has 0 unspecified atom stereocenters. The smallest absolute Gasteiger partial charge is 0.271 e. The number of aromatic nitrogens is 3. The predicted molar refractivity (Wildman–Crippen MR) is 98.1 cm³/mol. The van der Waals surface area contributed by atoms with Gasteiger partial charge in [-0.15, -0.1) is 11.3 Å². The lowest BCUT2D eigenvalue weighted by Crippen LogP contribution is -2.40. The summed E-state index contributed by atoms with van der Waals surface area (Å²) in [6.07, 6.45) is 2.36. The quantitative estimate of drug-likeness (QED) is 0.321. The summed E-state index contributed by atoms with van der Waals surface area (Å²) in [5, 5.41) is 7.97. The molecule has 0 aromatic carbocycles. The van der Waals surface area contributed by atoms with Crippen LogP contribution in [0, 0.1) is 0 Å². The van der Waals surface area contributed by atoms with Crippen molar-refractivity contribution >= 4 is 61.9 Å². The molecule has 1 amide bonds. The van der Waals surface area contributed by atoms with E-state index in [9.17, 15) is 9.59 Å². The van der Waals surface area contributed by atoms with Crippen molar-refractivity contribution in [3.63, 3.8) is 0 Å². The fourth-order valence-electron chi connectivity index (χ4n) is 2.13. The van der Waals surface area contributed by atoms with E-state index in [0.717, 1.165) is 21.5 Å². The van der Waals surface area contributed by atoms with Crippen LogP contribution >= 0.6 is 22.9 Å². The summed E-state index contributed by atoms with van der Waals surface area (Å²) in [7, 11) is 0. The summed E-state index contributed by atoms with van der Waals surface area (Å²) in [5.74, 6) is 5.78. The molecule has 3 heterocycles. The third kappa shape index (κ3) is 3.43. The van der Waals surface area contributed by atoms with Crippen LogP contribution in [0.15, 0.2) is 17.6 Å². The minimum Gasteiger partial charge on any atom is -0.364 e. The van der Waals surface area contributed by atoms with Gasteiger partial charge in [0.05, 0.1) is 12.2 Å². The number of hydrazine groups is 1. The monoisotopic (exact) mass is 377 g/mol. The van der Waals surface area contributed by atoms with Crippen LogP contribution < -0.4 is 21.9 Å². The number of fused-ring (bicyclic) bond motifs is 1. The number of nitrogens with zero attached hydrogens (tertiary/aromatic N) is 4. The number of aldehydes is 1. The molecule has 25 heavy (non-hydrogen) atoms. The molecule has 11 heteroatoms. The number of nitrogens with two attached hydrogens (primary N) is 2. The predicted octanol–water partition coefficient (Wildman–Crippen LogP) is 1.65. The van der Waals surface area contributed by atoms with E-state index in [2.05, 4.69) is 19.7 Å². The SMILES string of the molecule is C[C@H](CC=O)N(N)c1cnc(C(N)=O)c(Nc2snc3sccc23)n1. The first kappa shape index (κ1) is 17.2. The molecule has 0 saturated carbocycles. The number of primary amides is 1. The first-order valence-electron chi connectivity index (χ1n) is 7.25. The number of hydrogen-bond acceptors (Lipinski definition) is 10. The van der Waals surface area contributed by atoms with Gasteiger partial charge in [-0.3, -0.25) is 9.80 Å². The molecule has 1 atom stereocenters. The third-order valence-electron chi connectivity index (χ3n) is 3.51. The number of carbonyl (C=O) groups is 2. The lowest BCUT2D eigenvalue weighted by atomic mass is 10.2. The minimum atomic E-state index is -0.711.